The summed E-state index contributed by atoms with van der Waals surface area (Å²) in [6.45, 7) is 9.84. The number of aliphatic imine (C=N–C) groups is 1. The Balaban J connectivity index is 3.84. The lowest BCUT2D eigenvalue weighted by molar-refractivity contribution is 0.654. The van der Waals surface area contributed by atoms with E-state index in [0.717, 1.165) is 0 Å². The summed E-state index contributed by atoms with van der Waals surface area (Å²) in [7, 11) is 0. The van der Waals surface area contributed by atoms with Crippen molar-refractivity contribution in [3.05, 3.63) is 11.8 Å². The van der Waals surface area contributed by atoms with Crippen LogP contribution in [0.4, 0.5) is 0 Å². The molecule has 0 aliphatic heterocycles. The Morgan fingerprint density at radius 1 is 1.78 bits per heavy atom. The van der Waals surface area contributed by atoms with Crippen LogP contribution in [0.5, 0.6) is 0 Å². The molecule has 52 valence electrons. The van der Waals surface area contributed by atoms with Gasteiger partial charge in [-0.1, -0.05) is 19.4 Å². The third kappa shape index (κ3) is 3.07. The number of nitrogens with zero attached hydrogens (tertiary/aromatic N) is 1. The van der Waals surface area contributed by atoms with Gasteiger partial charge in [0.2, 0.25) is 0 Å². The van der Waals surface area contributed by atoms with Crippen molar-refractivity contribution in [1.29, 1.82) is 0 Å². The summed E-state index contributed by atoms with van der Waals surface area (Å²) in [5.74, 6) is 0.649. The van der Waals surface area contributed by atoms with Crippen LogP contribution in [0.25, 0.3) is 0 Å². The van der Waals surface area contributed by atoms with Gasteiger partial charge in [0.1, 0.15) is 0 Å². The highest BCUT2D eigenvalue weighted by Gasteiger charge is 1.98. The Labute approximate surface area is 57.5 Å². The molecular formula is C8H15N. The Hall–Kier alpha value is -0.590. The zero-order valence-corrected chi connectivity index (χ0v) is 6.52. The normalized spacial score (nSPS) is 15.2. The summed E-state index contributed by atoms with van der Waals surface area (Å²) in [5, 5.41) is 0. The van der Waals surface area contributed by atoms with E-state index >= 15 is 0 Å². The third-order valence-corrected chi connectivity index (χ3v) is 1.68. The maximum Gasteiger partial charge on any atom is 0.0252 e. The molecule has 9 heavy (non-hydrogen) atoms. The molecule has 0 rings (SSSR count). The van der Waals surface area contributed by atoms with Crippen LogP contribution < -0.4 is 0 Å². The van der Waals surface area contributed by atoms with Crippen LogP contribution in [0.15, 0.2) is 16.8 Å². The predicted molar refractivity (Wildman–Crippen MR) is 42.8 cm³/mol. The van der Waals surface area contributed by atoms with Gasteiger partial charge in [-0.05, 0) is 26.0 Å². The quantitative estimate of drug-likeness (QED) is 0.514. The van der Waals surface area contributed by atoms with E-state index in [9.17, 15) is 0 Å². The van der Waals surface area contributed by atoms with E-state index in [1.165, 1.54) is 12.0 Å². The standard InChI is InChI=1S/C8H15N/c1-5-7(2)8(3)6-9-4/h6-7H,4-5H2,1-3H3/b8-6-/t7-/m0/s1. The van der Waals surface area contributed by atoms with Crippen molar-refractivity contribution in [3.63, 3.8) is 0 Å². The molecule has 0 aromatic heterocycles. The topological polar surface area (TPSA) is 12.4 Å². The zero-order chi connectivity index (χ0) is 7.28. The van der Waals surface area contributed by atoms with Gasteiger partial charge in [-0.15, -0.1) is 0 Å². The minimum absolute atomic E-state index is 0.649. The Bertz CT molecular complexity index is 114. The molecule has 0 aromatic rings. The second-order valence-corrected chi connectivity index (χ2v) is 2.36. The molecule has 0 saturated heterocycles. The Morgan fingerprint density at radius 2 is 2.33 bits per heavy atom. The summed E-state index contributed by atoms with van der Waals surface area (Å²) in [6, 6.07) is 0. The molecule has 1 atom stereocenters. The maximum absolute atomic E-state index is 3.69. The molecule has 0 aliphatic carbocycles. The first-order valence-electron chi connectivity index (χ1n) is 3.34. The number of hydrogen-bond donors (Lipinski definition) is 0. The number of hydrogen-bond acceptors (Lipinski definition) is 1. The maximum atomic E-state index is 3.69. The van der Waals surface area contributed by atoms with E-state index in [1.54, 1.807) is 0 Å². The minimum Gasteiger partial charge on any atom is -0.273 e. The summed E-state index contributed by atoms with van der Waals surface area (Å²) >= 11 is 0. The molecule has 0 aliphatic rings. The second-order valence-electron chi connectivity index (χ2n) is 2.36. The van der Waals surface area contributed by atoms with E-state index in [2.05, 4.69) is 32.5 Å². The molecule has 0 fully saturated rings. The lowest BCUT2D eigenvalue weighted by Gasteiger charge is -2.05. The average Bonchev–Trinajstić information content (AvgIpc) is 1.87. The van der Waals surface area contributed by atoms with Crippen molar-refractivity contribution in [3.8, 4) is 0 Å². The number of allylic oxidation sites excluding steroid dienone is 1. The van der Waals surface area contributed by atoms with Crippen LogP contribution >= 0.6 is 0 Å². The SMILES string of the molecule is C=N/C=C(/C)[C@@H](C)CC. The van der Waals surface area contributed by atoms with Gasteiger partial charge < -0.3 is 0 Å². The van der Waals surface area contributed by atoms with Gasteiger partial charge in [0.25, 0.3) is 0 Å². The molecule has 0 saturated carbocycles. The summed E-state index contributed by atoms with van der Waals surface area (Å²) in [4.78, 5) is 3.69. The van der Waals surface area contributed by atoms with Gasteiger partial charge in [-0.2, -0.15) is 0 Å². The van der Waals surface area contributed by atoms with Crippen molar-refractivity contribution < 1.29 is 0 Å². The van der Waals surface area contributed by atoms with Gasteiger partial charge in [-0.25, -0.2) is 0 Å². The zero-order valence-electron chi connectivity index (χ0n) is 6.52. The summed E-state index contributed by atoms with van der Waals surface area (Å²) < 4.78 is 0. The Kier molecular flexibility index (Phi) is 4.02. The van der Waals surface area contributed by atoms with Crippen LogP contribution in [0.2, 0.25) is 0 Å². The Morgan fingerprint density at radius 3 is 2.67 bits per heavy atom. The molecule has 0 N–H and O–H groups in total. The summed E-state index contributed by atoms with van der Waals surface area (Å²) in [5.41, 5.74) is 1.31. The average molecular weight is 125 g/mol. The lowest BCUT2D eigenvalue weighted by Crippen LogP contribution is -1.92. The van der Waals surface area contributed by atoms with E-state index in [4.69, 9.17) is 0 Å². The van der Waals surface area contributed by atoms with Crippen LogP contribution in [0, 0.1) is 5.92 Å². The van der Waals surface area contributed by atoms with Crippen molar-refractivity contribution >= 4 is 6.72 Å². The molecule has 0 unspecified atom stereocenters. The predicted octanol–water partition coefficient (Wildman–Crippen LogP) is 2.64. The first kappa shape index (κ1) is 8.41. The molecule has 0 spiro atoms. The summed E-state index contributed by atoms with van der Waals surface area (Å²) in [6.07, 6.45) is 3.01. The van der Waals surface area contributed by atoms with Crippen molar-refractivity contribution in [2.75, 3.05) is 0 Å². The van der Waals surface area contributed by atoms with E-state index in [1.807, 2.05) is 6.20 Å². The molecule has 0 radical (unpaired) electrons. The lowest BCUT2D eigenvalue weighted by atomic mass is 10.0. The third-order valence-electron chi connectivity index (χ3n) is 1.68. The smallest absolute Gasteiger partial charge is 0.0252 e. The first-order chi connectivity index (χ1) is 4.22. The monoisotopic (exact) mass is 125 g/mol. The largest absolute Gasteiger partial charge is 0.273 e. The highest BCUT2D eigenvalue weighted by atomic mass is 14.6. The van der Waals surface area contributed by atoms with Crippen LogP contribution in [0.3, 0.4) is 0 Å². The van der Waals surface area contributed by atoms with Gasteiger partial charge in [-0.3, -0.25) is 4.99 Å². The highest BCUT2D eigenvalue weighted by molar-refractivity contribution is 5.26. The first-order valence-corrected chi connectivity index (χ1v) is 3.34. The second kappa shape index (κ2) is 4.30. The molecule has 0 heterocycles. The van der Waals surface area contributed by atoms with E-state index in [0.29, 0.717) is 5.92 Å². The van der Waals surface area contributed by atoms with E-state index in [-0.39, 0.29) is 0 Å². The molecular weight excluding hydrogens is 110 g/mol. The van der Waals surface area contributed by atoms with Gasteiger partial charge >= 0.3 is 0 Å². The fraction of sp³-hybridized carbons (Fsp3) is 0.625. The fourth-order valence-electron chi connectivity index (χ4n) is 0.593. The van der Waals surface area contributed by atoms with Crippen molar-refractivity contribution in [1.82, 2.24) is 0 Å². The fourth-order valence-corrected chi connectivity index (χ4v) is 0.593. The van der Waals surface area contributed by atoms with Crippen LogP contribution in [-0.2, 0) is 0 Å². The molecule has 1 heteroatoms. The van der Waals surface area contributed by atoms with E-state index < -0.39 is 0 Å². The van der Waals surface area contributed by atoms with Crippen LogP contribution in [0.1, 0.15) is 27.2 Å². The highest BCUT2D eigenvalue weighted by Crippen LogP contribution is 2.12. The van der Waals surface area contributed by atoms with Gasteiger partial charge in [0.05, 0.1) is 0 Å². The minimum atomic E-state index is 0.649. The molecule has 0 amide bonds. The van der Waals surface area contributed by atoms with Gasteiger partial charge in [0.15, 0.2) is 0 Å². The molecule has 1 nitrogen and oxygen atoms in total. The van der Waals surface area contributed by atoms with Crippen molar-refractivity contribution in [2.45, 2.75) is 27.2 Å². The van der Waals surface area contributed by atoms with Crippen LogP contribution in [-0.4, -0.2) is 6.72 Å². The van der Waals surface area contributed by atoms with Crippen molar-refractivity contribution in [2.24, 2.45) is 10.9 Å². The number of rotatable bonds is 3. The van der Waals surface area contributed by atoms with Gasteiger partial charge in [0, 0.05) is 6.20 Å². The molecule has 0 bridgehead atoms. The molecule has 0 aromatic carbocycles.